The predicted molar refractivity (Wildman–Crippen MR) is 85.8 cm³/mol. The van der Waals surface area contributed by atoms with Gasteiger partial charge in [0.2, 0.25) is 5.91 Å². The molecule has 23 heavy (non-hydrogen) atoms. The molecule has 1 aromatic carbocycles. The van der Waals surface area contributed by atoms with Crippen molar-refractivity contribution in [3.8, 4) is 11.5 Å². The fraction of sp³-hybridized carbons (Fsp3) is 0.412. The number of rotatable bonds is 6. The van der Waals surface area contributed by atoms with Crippen molar-refractivity contribution in [3.05, 3.63) is 30.4 Å². The fourth-order valence-electron chi connectivity index (χ4n) is 2.63. The Morgan fingerprint density at radius 3 is 2.52 bits per heavy atom. The fourth-order valence-corrected chi connectivity index (χ4v) is 2.63. The highest BCUT2D eigenvalue weighted by Crippen LogP contribution is 2.32. The van der Waals surface area contributed by atoms with Crippen LogP contribution in [0.3, 0.4) is 0 Å². The number of carboxylic acid groups (broad SMARTS) is 1. The number of methoxy groups -OCH3 is 1. The molecule has 0 spiro atoms. The van der Waals surface area contributed by atoms with Gasteiger partial charge in [-0.05, 0) is 31.9 Å². The lowest BCUT2D eigenvalue weighted by atomic mass is 9.82. The van der Waals surface area contributed by atoms with Crippen LogP contribution in [0.1, 0.15) is 19.8 Å². The smallest absolute Gasteiger partial charge is 0.307 e. The van der Waals surface area contributed by atoms with Crippen LogP contribution in [0.2, 0.25) is 0 Å². The minimum absolute atomic E-state index is 0.297. The number of hydrogen-bond donors (Lipinski definition) is 2. The van der Waals surface area contributed by atoms with Gasteiger partial charge >= 0.3 is 5.97 Å². The number of ether oxygens (including phenoxy) is 2. The largest absolute Gasteiger partial charge is 0.493 e. The van der Waals surface area contributed by atoms with Gasteiger partial charge in [0.1, 0.15) is 0 Å². The third-order valence-corrected chi connectivity index (χ3v) is 3.82. The van der Waals surface area contributed by atoms with E-state index in [2.05, 4.69) is 5.32 Å². The van der Waals surface area contributed by atoms with Crippen LogP contribution < -0.4 is 14.8 Å². The second-order valence-corrected chi connectivity index (χ2v) is 5.28. The normalized spacial score (nSPS) is 19.9. The van der Waals surface area contributed by atoms with Crippen LogP contribution in [-0.4, -0.2) is 30.7 Å². The molecule has 0 aromatic heterocycles. The molecule has 2 rings (SSSR count). The van der Waals surface area contributed by atoms with Gasteiger partial charge in [-0.15, -0.1) is 0 Å². The van der Waals surface area contributed by atoms with Crippen molar-refractivity contribution in [1.82, 2.24) is 0 Å². The summed E-state index contributed by atoms with van der Waals surface area (Å²) in [6, 6.07) is 5.08. The van der Waals surface area contributed by atoms with Crippen molar-refractivity contribution in [1.29, 1.82) is 0 Å². The second kappa shape index (κ2) is 7.67. The number of nitrogens with one attached hydrogen (secondary N) is 1. The molecule has 1 aromatic rings. The van der Waals surface area contributed by atoms with Crippen molar-refractivity contribution in [3.63, 3.8) is 0 Å². The molecule has 0 radical (unpaired) electrons. The Labute approximate surface area is 135 Å². The van der Waals surface area contributed by atoms with E-state index in [1.807, 2.05) is 19.1 Å². The van der Waals surface area contributed by atoms with Gasteiger partial charge in [0, 0.05) is 11.8 Å². The summed E-state index contributed by atoms with van der Waals surface area (Å²) in [5, 5.41) is 12.0. The van der Waals surface area contributed by atoms with E-state index in [0.29, 0.717) is 36.6 Å². The summed E-state index contributed by atoms with van der Waals surface area (Å²) in [5.74, 6) is -1.40. The molecule has 6 nitrogen and oxygen atoms in total. The quantitative estimate of drug-likeness (QED) is 0.788. The first-order valence-corrected chi connectivity index (χ1v) is 7.56. The summed E-state index contributed by atoms with van der Waals surface area (Å²) in [6.07, 6.45) is 4.46. The standard InChI is InChI=1S/C17H21NO5/c1-3-23-15-10-11(8-9-14(15)22-2)18-16(19)12-6-4-5-7-13(12)17(20)21/h4-5,8-10,12-13H,3,6-7H2,1-2H3,(H,18,19)(H,20,21)/t12-,13+/m0/s1. The molecule has 124 valence electrons. The Bertz CT molecular complexity index is 611. The maximum Gasteiger partial charge on any atom is 0.307 e. The molecule has 0 heterocycles. The molecule has 2 N–H and O–H groups in total. The van der Waals surface area contributed by atoms with E-state index in [4.69, 9.17) is 9.47 Å². The SMILES string of the molecule is CCOc1cc(NC(=O)[C@H]2CC=CC[C@H]2C(=O)O)ccc1OC. The van der Waals surface area contributed by atoms with E-state index in [9.17, 15) is 14.7 Å². The predicted octanol–water partition coefficient (Wildman–Crippen LogP) is 2.70. The number of allylic oxidation sites excluding steroid dienone is 2. The maximum atomic E-state index is 12.4. The van der Waals surface area contributed by atoms with Crippen LogP contribution in [0, 0.1) is 11.8 Å². The number of carbonyl (C=O) groups is 2. The number of amides is 1. The van der Waals surface area contributed by atoms with Crippen LogP contribution >= 0.6 is 0 Å². The van der Waals surface area contributed by atoms with E-state index in [0.717, 1.165) is 0 Å². The third-order valence-electron chi connectivity index (χ3n) is 3.82. The number of carboxylic acids is 1. The Hall–Kier alpha value is -2.50. The molecule has 0 saturated heterocycles. The Balaban J connectivity index is 2.14. The first-order valence-electron chi connectivity index (χ1n) is 7.56. The lowest BCUT2D eigenvalue weighted by Crippen LogP contribution is -2.34. The zero-order valence-corrected chi connectivity index (χ0v) is 13.2. The Morgan fingerprint density at radius 2 is 1.91 bits per heavy atom. The number of benzene rings is 1. The maximum absolute atomic E-state index is 12.4. The topological polar surface area (TPSA) is 84.9 Å². The minimum atomic E-state index is -0.945. The van der Waals surface area contributed by atoms with Gasteiger partial charge in [-0.1, -0.05) is 12.2 Å². The van der Waals surface area contributed by atoms with Gasteiger partial charge in [0.05, 0.1) is 25.6 Å². The zero-order valence-electron chi connectivity index (χ0n) is 13.2. The highest BCUT2D eigenvalue weighted by molar-refractivity contribution is 5.95. The van der Waals surface area contributed by atoms with E-state index < -0.39 is 17.8 Å². The van der Waals surface area contributed by atoms with E-state index >= 15 is 0 Å². The highest BCUT2D eigenvalue weighted by Gasteiger charge is 2.34. The molecule has 0 bridgehead atoms. The van der Waals surface area contributed by atoms with Crippen molar-refractivity contribution in [2.45, 2.75) is 19.8 Å². The molecule has 1 amide bonds. The molecule has 0 aliphatic heterocycles. The Kier molecular flexibility index (Phi) is 5.62. The molecule has 1 aliphatic carbocycles. The number of aliphatic carboxylic acids is 1. The first-order chi connectivity index (χ1) is 11.1. The van der Waals surface area contributed by atoms with E-state index in [1.165, 1.54) is 0 Å². The summed E-state index contributed by atoms with van der Waals surface area (Å²) < 4.78 is 10.7. The van der Waals surface area contributed by atoms with Crippen LogP contribution in [0.4, 0.5) is 5.69 Å². The number of hydrogen-bond acceptors (Lipinski definition) is 4. The summed E-state index contributed by atoms with van der Waals surface area (Å²) in [6.45, 7) is 2.33. The Morgan fingerprint density at radius 1 is 1.22 bits per heavy atom. The summed E-state index contributed by atoms with van der Waals surface area (Å²) in [7, 11) is 1.54. The van der Waals surface area contributed by atoms with Gasteiger partial charge in [-0.25, -0.2) is 0 Å². The monoisotopic (exact) mass is 319 g/mol. The molecule has 0 unspecified atom stereocenters. The van der Waals surface area contributed by atoms with Crippen molar-refractivity contribution in [2.75, 3.05) is 19.0 Å². The lowest BCUT2D eigenvalue weighted by molar-refractivity contribution is -0.146. The van der Waals surface area contributed by atoms with Crippen LogP contribution in [0.25, 0.3) is 0 Å². The summed E-state index contributed by atoms with van der Waals surface area (Å²) >= 11 is 0. The molecular formula is C17H21NO5. The third kappa shape index (κ3) is 4.03. The van der Waals surface area contributed by atoms with Crippen molar-refractivity contribution in [2.24, 2.45) is 11.8 Å². The van der Waals surface area contributed by atoms with Gasteiger partial charge in [-0.3, -0.25) is 9.59 Å². The van der Waals surface area contributed by atoms with Crippen LogP contribution in [0.15, 0.2) is 30.4 Å². The molecule has 2 atom stereocenters. The highest BCUT2D eigenvalue weighted by atomic mass is 16.5. The first kappa shape index (κ1) is 16.9. The van der Waals surface area contributed by atoms with Crippen LogP contribution in [0.5, 0.6) is 11.5 Å². The molecule has 0 fully saturated rings. The van der Waals surface area contributed by atoms with Crippen LogP contribution in [-0.2, 0) is 9.59 Å². The molecule has 1 aliphatic rings. The minimum Gasteiger partial charge on any atom is -0.493 e. The number of anilines is 1. The van der Waals surface area contributed by atoms with E-state index in [1.54, 1.807) is 25.3 Å². The number of carbonyl (C=O) groups excluding carboxylic acids is 1. The molecule has 0 saturated carbocycles. The summed E-state index contributed by atoms with van der Waals surface area (Å²) in [5.41, 5.74) is 0.554. The van der Waals surface area contributed by atoms with E-state index in [-0.39, 0.29) is 5.91 Å². The second-order valence-electron chi connectivity index (χ2n) is 5.28. The van der Waals surface area contributed by atoms with Crippen molar-refractivity contribution >= 4 is 17.6 Å². The van der Waals surface area contributed by atoms with Gasteiger partial charge in [0.15, 0.2) is 11.5 Å². The average molecular weight is 319 g/mol. The van der Waals surface area contributed by atoms with Gasteiger partial charge in [0.25, 0.3) is 0 Å². The van der Waals surface area contributed by atoms with Gasteiger partial charge < -0.3 is 19.9 Å². The lowest BCUT2D eigenvalue weighted by Gasteiger charge is -2.24. The van der Waals surface area contributed by atoms with Gasteiger partial charge in [-0.2, -0.15) is 0 Å². The van der Waals surface area contributed by atoms with Crippen molar-refractivity contribution < 1.29 is 24.2 Å². The molecule has 6 heteroatoms. The zero-order chi connectivity index (χ0) is 16.8. The average Bonchev–Trinajstić information content (AvgIpc) is 2.55. The summed E-state index contributed by atoms with van der Waals surface area (Å²) in [4.78, 5) is 23.7. The molecular weight excluding hydrogens is 298 g/mol.